The predicted octanol–water partition coefficient (Wildman–Crippen LogP) is 2.19. The van der Waals surface area contributed by atoms with E-state index in [-0.39, 0.29) is 0 Å². The van der Waals surface area contributed by atoms with E-state index >= 15 is 0 Å². The average Bonchev–Trinajstić information content (AvgIpc) is 2.91. The number of nitrogens with zero attached hydrogens (tertiary/aromatic N) is 5. The first-order valence-electron chi connectivity index (χ1n) is 13.5. The molecule has 0 spiro atoms. The number of carbonyl (C=O) groups excluding carboxylic acids is 2. The second-order valence-electron chi connectivity index (χ2n) is 10.3. The lowest BCUT2D eigenvalue weighted by molar-refractivity contribution is -0.136. The number of benzene rings is 1. The standard InChI is InChI=1S/C28H41N7O2/c1-22(2)33-15-17-35(18-16-33)26-20-23(3)19-24(21-26)31-28(37)27(36)30-7-4-10-32-11-13-34(14-12-32)25-5-8-29-9-6-25/h5-6,8-9,19-22H,4,7,10-18H2,1-3H3,(H,30,36)(H,31,37). The van der Waals surface area contributed by atoms with Gasteiger partial charge in [0, 0.05) is 94.4 Å². The van der Waals surface area contributed by atoms with Crippen molar-refractivity contribution in [2.24, 2.45) is 0 Å². The Kier molecular flexibility index (Phi) is 9.35. The van der Waals surface area contributed by atoms with E-state index in [1.807, 2.05) is 43.6 Å². The molecule has 9 heteroatoms. The zero-order valence-corrected chi connectivity index (χ0v) is 22.4. The van der Waals surface area contributed by atoms with Crippen LogP contribution in [0.25, 0.3) is 0 Å². The van der Waals surface area contributed by atoms with Gasteiger partial charge in [-0.05, 0) is 69.6 Å². The molecule has 2 aliphatic heterocycles. The summed E-state index contributed by atoms with van der Waals surface area (Å²) >= 11 is 0. The van der Waals surface area contributed by atoms with Crippen molar-refractivity contribution < 1.29 is 9.59 Å². The summed E-state index contributed by atoms with van der Waals surface area (Å²) < 4.78 is 0. The van der Waals surface area contributed by atoms with Crippen molar-refractivity contribution >= 4 is 28.9 Å². The largest absolute Gasteiger partial charge is 0.369 e. The number of nitrogens with one attached hydrogen (secondary N) is 2. The molecule has 2 aliphatic rings. The molecule has 2 N–H and O–H groups in total. The summed E-state index contributed by atoms with van der Waals surface area (Å²) in [5.41, 5.74) is 4.02. The van der Waals surface area contributed by atoms with Crippen LogP contribution in [0, 0.1) is 6.92 Å². The van der Waals surface area contributed by atoms with Gasteiger partial charge >= 0.3 is 11.8 Å². The van der Waals surface area contributed by atoms with E-state index in [2.05, 4.69) is 55.1 Å². The monoisotopic (exact) mass is 507 g/mol. The lowest BCUT2D eigenvalue weighted by atomic mass is 10.1. The average molecular weight is 508 g/mol. The molecular weight excluding hydrogens is 466 g/mol. The van der Waals surface area contributed by atoms with Crippen molar-refractivity contribution in [1.29, 1.82) is 0 Å². The number of piperazine rings is 2. The van der Waals surface area contributed by atoms with Crippen molar-refractivity contribution in [3.63, 3.8) is 0 Å². The molecule has 2 fully saturated rings. The molecule has 1 aromatic carbocycles. The Hall–Kier alpha value is -3.17. The maximum absolute atomic E-state index is 12.5. The fourth-order valence-electron chi connectivity index (χ4n) is 5.07. The van der Waals surface area contributed by atoms with Crippen LogP contribution in [0.3, 0.4) is 0 Å². The molecule has 0 saturated carbocycles. The van der Waals surface area contributed by atoms with Crippen molar-refractivity contribution in [2.45, 2.75) is 33.2 Å². The molecular formula is C28H41N7O2. The summed E-state index contributed by atoms with van der Waals surface area (Å²) in [4.78, 5) is 38.6. The summed E-state index contributed by atoms with van der Waals surface area (Å²) in [6.07, 6.45) is 4.46. The Labute approximate surface area is 220 Å². The number of aromatic nitrogens is 1. The van der Waals surface area contributed by atoms with E-state index in [1.54, 1.807) is 0 Å². The third kappa shape index (κ3) is 7.66. The molecule has 37 heavy (non-hydrogen) atoms. The molecule has 2 aromatic rings. The van der Waals surface area contributed by atoms with Crippen LogP contribution in [0.1, 0.15) is 25.8 Å². The SMILES string of the molecule is Cc1cc(NC(=O)C(=O)NCCCN2CCN(c3ccncc3)CC2)cc(N2CCN(C(C)C)CC2)c1. The van der Waals surface area contributed by atoms with Crippen LogP contribution in [-0.2, 0) is 9.59 Å². The second kappa shape index (κ2) is 12.9. The first-order chi connectivity index (χ1) is 17.9. The Morgan fingerprint density at radius 1 is 0.865 bits per heavy atom. The quantitative estimate of drug-likeness (QED) is 0.419. The molecule has 0 aliphatic carbocycles. The minimum absolute atomic E-state index is 0.482. The Balaban J connectivity index is 1.17. The molecule has 0 radical (unpaired) electrons. The summed E-state index contributed by atoms with van der Waals surface area (Å²) in [6, 6.07) is 10.6. The van der Waals surface area contributed by atoms with Crippen LogP contribution < -0.4 is 20.4 Å². The van der Waals surface area contributed by atoms with Crippen LogP contribution >= 0.6 is 0 Å². The Morgan fingerprint density at radius 3 is 2.19 bits per heavy atom. The fraction of sp³-hybridized carbons (Fsp3) is 0.536. The van der Waals surface area contributed by atoms with Gasteiger partial charge < -0.3 is 20.4 Å². The van der Waals surface area contributed by atoms with Crippen LogP contribution in [0.2, 0.25) is 0 Å². The minimum Gasteiger partial charge on any atom is -0.369 e. The van der Waals surface area contributed by atoms with Crippen LogP contribution in [-0.4, -0.2) is 98.1 Å². The van der Waals surface area contributed by atoms with Gasteiger partial charge in [0.1, 0.15) is 0 Å². The number of amides is 2. The van der Waals surface area contributed by atoms with E-state index in [0.717, 1.165) is 76.6 Å². The number of hydrogen-bond donors (Lipinski definition) is 2. The highest BCUT2D eigenvalue weighted by molar-refractivity contribution is 6.39. The molecule has 0 bridgehead atoms. The van der Waals surface area contributed by atoms with Crippen molar-refractivity contribution in [3.8, 4) is 0 Å². The Bertz CT molecular complexity index is 1030. The highest BCUT2D eigenvalue weighted by atomic mass is 16.2. The van der Waals surface area contributed by atoms with Crippen molar-refractivity contribution in [2.75, 3.05) is 80.6 Å². The van der Waals surface area contributed by atoms with Crippen LogP contribution in [0.4, 0.5) is 17.1 Å². The van der Waals surface area contributed by atoms with E-state index < -0.39 is 11.8 Å². The van der Waals surface area contributed by atoms with E-state index in [4.69, 9.17) is 0 Å². The van der Waals surface area contributed by atoms with Gasteiger partial charge in [0.25, 0.3) is 0 Å². The normalized spacial score (nSPS) is 17.2. The van der Waals surface area contributed by atoms with Crippen molar-refractivity contribution in [3.05, 3.63) is 48.3 Å². The molecule has 9 nitrogen and oxygen atoms in total. The van der Waals surface area contributed by atoms with Crippen LogP contribution in [0.15, 0.2) is 42.7 Å². The highest BCUT2D eigenvalue weighted by Gasteiger charge is 2.21. The summed E-state index contributed by atoms with van der Waals surface area (Å²) in [5.74, 6) is -1.21. The van der Waals surface area contributed by atoms with Gasteiger partial charge in [-0.1, -0.05) is 0 Å². The van der Waals surface area contributed by atoms with Gasteiger partial charge in [0.2, 0.25) is 0 Å². The summed E-state index contributed by atoms with van der Waals surface area (Å²) in [5, 5.41) is 5.57. The van der Waals surface area contributed by atoms with Crippen molar-refractivity contribution in [1.82, 2.24) is 20.1 Å². The zero-order chi connectivity index (χ0) is 26.2. The first-order valence-corrected chi connectivity index (χ1v) is 13.5. The van der Waals surface area contributed by atoms with E-state index in [0.29, 0.717) is 18.3 Å². The molecule has 2 saturated heterocycles. The van der Waals surface area contributed by atoms with E-state index in [1.165, 1.54) is 5.69 Å². The Morgan fingerprint density at radius 2 is 1.51 bits per heavy atom. The zero-order valence-electron chi connectivity index (χ0n) is 22.4. The molecule has 200 valence electrons. The first kappa shape index (κ1) is 26.9. The van der Waals surface area contributed by atoms with Gasteiger partial charge in [-0.15, -0.1) is 0 Å². The predicted molar refractivity (Wildman–Crippen MR) is 149 cm³/mol. The maximum atomic E-state index is 12.5. The molecule has 0 unspecified atom stereocenters. The van der Waals surface area contributed by atoms with Gasteiger partial charge in [-0.25, -0.2) is 0 Å². The lowest BCUT2D eigenvalue weighted by Crippen LogP contribution is -2.48. The molecule has 3 heterocycles. The van der Waals surface area contributed by atoms with Gasteiger partial charge in [-0.3, -0.25) is 24.4 Å². The number of rotatable bonds is 8. The third-order valence-corrected chi connectivity index (χ3v) is 7.27. The molecule has 4 rings (SSSR count). The van der Waals surface area contributed by atoms with E-state index in [9.17, 15) is 9.59 Å². The number of carbonyl (C=O) groups is 2. The number of pyridine rings is 1. The van der Waals surface area contributed by atoms with Gasteiger partial charge in [-0.2, -0.15) is 0 Å². The highest BCUT2D eigenvalue weighted by Crippen LogP contribution is 2.24. The topological polar surface area (TPSA) is 84.0 Å². The van der Waals surface area contributed by atoms with Gasteiger partial charge in [0.15, 0.2) is 0 Å². The lowest BCUT2D eigenvalue weighted by Gasteiger charge is -2.38. The molecule has 0 atom stereocenters. The molecule has 2 amide bonds. The minimum atomic E-state index is -0.618. The third-order valence-electron chi connectivity index (χ3n) is 7.27. The smallest absolute Gasteiger partial charge is 0.313 e. The summed E-state index contributed by atoms with van der Waals surface area (Å²) in [7, 11) is 0. The molecule has 1 aromatic heterocycles. The van der Waals surface area contributed by atoms with Gasteiger partial charge in [0.05, 0.1) is 0 Å². The maximum Gasteiger partial charge on any atom is 0.313 e. The number of aryl methyl sites for hydroxylation is 1. The summed E-state index contributed by atoms with van der Waals surface area (Å²) in [6.45, 7) is 15.7. The number of hydrogen-bond acceptors (Lipinski definition) is 7. The fourth-order valence-corrected chi connectivity index (χ4v) is 5.07. The van der Waals surface area contributed by atoms with Crippen LogP contribution in [0.5, 0.6) is 0 Å². The number of anilines is 3. The second-order valence-corrected chi connectivity index (χ2v) is 10.3.